The van der Waals surface area contributed by atoms with Gasteiger partial charge in [0.05, 0.1) is 5.75 Å². The number of hydrogen-bond acceptors (Lipinski definition) is 4. The first-order chi connectivity index (χ1) is 6.38. The third-order valence-electron chi connectivity index (χ3n) is 2.07. The molecule has 0 bridgehead atoms. The van der Waals surface area contributed by atoms with E-state index in [0.717, 1.165) is 11.6 Å². The van der Waals surface area contributed by atoms with Gasteiger partial charge in [0.1, 0.15) is 0 Å². The Morgan fingerprint density at radius 2 is 2.31 bits per heavy atom. The van der Waals surface area contributed by atoms with Crippen LogP contribution in [-0.2, 0) is 5.75 Å². The third-order valence-corrected chi connectivity index (χ3v) is 2.61. The van der Waals surface area contributed by atoms with E-state index in [-0.39, 0.29) is 0 Å². The van der Waals surface area contributed by atoms with Gasteiger partial charge in [-0.05, 0) is 25.5 Å². The van der Waals surface area contributed by atoms with Gasteiger partial charge in [-0.25, -0.2) is 0 Å². The van der Waals surface area contributed by atoms with Crippen molar-refractivity contribution in [3.63, 3.8) is 0 Å². The molecule has 0 N–H and O–H groups in total. The van der Waals surface area contributed by atoms with E-state index < -0.39 is 0 Å². The van der Waals surface area contributed by atoms with Crippen LogP contribution >= 0.6 is 11.8 Å². The molecule has 1 heterocycles. The van der Waals surface area contributed by atoms with Crippen molar-refractivity contribution in [2.24, 2.45) is 0 Å². The first-order valence-electron chi connectivity index (χ1n) is 4.39. The zero-order chi connectivity index (χ0) is 9.10. The van der Waals surface area contributed by atoms with Crippen LogP contribution in [-0.4, -0.2) is 16.5 Å². The first-order valence-corrected chi connectivity index (χ1v) is 5.78. The highest BCUT2D eigenvalue weighted by atomic mass is 32.2. The van der Waals surface area contributed by atoms with Crippen molar-refractivity contribution in [1.29, 1.82) is 0 Å². The van der Waals surface area contributed by atoms with E-state index in [1.807, 2.05) is 12.3 Å². The van der Waals surface area contributed by atoms with Crippen LogP contribution in [0.25, 0.3) is 6.08 Å². The molecule has 0 aliphatic heterocycles. The molecule has 0 radical (unpaired) electrons. The number of aromatic nitrogens is 2. The van der Waals surface area contributed by atoms with E-state index in [1.165, 1.54) is 24.8 Å². The van der Waals surface area contributed by atoms with Gasteiger partial charge in [-0.3, -0.25) is 0 Å². The van der Waals surface area contributed by atoms with Crippen molar-refractivity contribution in [3.05, 3.63) is 17.4 Å². The summed E-state index contributed by atoms with van der Waals surface area (Å²) in [5, 5.41) is 7.89. The Labute approximate surface area is 81.6 Å². The normalized spacial score (nSPS) is 15.6. The fourth-order valence-corrected chi connectivity index (χ4v) is 1.57. The first kappa shape index (κ1) is 8.81. The monoisotopic (exact) mass is 196 g/mol. The molecule has 1 aliphatic rings. The van der Waals surface area contributed by atoms with Crippen molar-refractivity contribution in [2.75, 3.05) is 6.26 Å². The van der Waals surface area contributed by atoms with Crippen molar-refractivity contribution in [1.82, 2.24) is 10.2 Å². The summed E-state index contributed by atoms with van der Waals surface area (Å²) < 4.78 is 5.41. The molecule has 2 rings (SSSR count). The minimum absolute atomic E-state index is 0.666. The molecule has 4 heteroatoms. The Kier molecular flexibility index (Phi) is 2.68. The number of allylic oxidation sites excluding steroid dienone is 1. The lowest BCUT2D eigenvalue weighted by molar-refractivity contribution is 0.504. The maximum atomic E-state index is 5.41. The SMILES string of the molecule is CSCc1nnc(C=C2CCC2)o1. The fourth-order valence-electron chi connectivity index (χ4n) is 1.21. The average Bonchev–Trinajstić information content (AvgIpc) is 2.46. The maximum absolute atomic E-state index is 5.41. The summed E-state index contributed by atoms with van der Waals surface area (Å²) in [5.74, 6) is 2.19. The average molecular weight is 196 g/mol. The molecule has 1 aliphatic carbocycles. The summed E-state index contributed by atoms with van der Waals surface area (Å²) in [7, 11) is 0. The van der Waals surface area contributed by atoms with Crippen LogP contribution in [0.5, 0.6) is 0 Å². The standard InChI is InChI=1S/C9H12N2OS/c1-13-6-9-11-10-8(12-9)5-7-3-2-4-7/h5H,2-4,6H2,1H3. The molecular weight excluding hydrogens is 184 g/mol. The number of hydrogen-bond donors (Lipinski definition) is 0. The van der Waals surface area contributed by atoms with E-state index in [9.17, 15) is 0 Å². The summed E-state index contributed by atoms with van der Waals surface area (Å²) in [6, 6.07) is 0. The molecule has 0 saturated heterocycles. The predicted molar refractivity (Wildman–Crippen MR) is 53.3 cm³/mol. The zero-order valence-corrected chi connectivity index (χ0v) is 8.43. The lowest BCUT2D eigenvalue weighted by Gasteiger charge is -2.14. The third kappa shape index (κ3) is 2.12. The number of nitrogens with zero attached hydrogens (tertiary/aromatic N) is 2. The summed E-state index contributed by atoms with van der Waals surface area (Å²) in [6.45, 7) is 0. The van der Waals surface area contributed by atoms with Crippen molar-refractivity contribution < 1.29 is 4.42 Å². The van der Waals surface area contributed by atoms with Gasteiger partial charge in [0.25, 0.3) is 0 Å². The van der Waals surface area contributed by atoms with Gasteiger partial charge >= 0.3 is 0 Å². The van der Waals surface area contributed by atoms with Gasteiger partial charge in [0, 0.05) is 6.08 Å². The topological polar surface area (TPSA) is 38.9 Å². The van der Waals surface area contributed by atoms with Crippen molar-refractivity contribution >= 4 is 17.8 Å². The van der Waals surface area contributed by atoms with Gasteiger partial charge in [0.2, 0.25) is 11.8 Å². The smallest absolute Gasteiger partial charge is 0.240 e. The van der Waals surface area contributed by atoms with Crippen LogP contribution < -0.4 is 0 Å². The second kappa shape index (κ2) is 3.96. The summed E-state index contributed by atoms with van der Waals surface area (Å²) >= 11 is 1.69. The summed E-state index contributed by atoms with van der Waals surface area (Å²) in [5.41, 5.74) is 1.43. The maximum Gasteiger partial charge on any atom is 0.240 e. The molecule has 1 fully saturated rings. The lowest BCUT2D eigenvalue weighted by atomic mass is 9.92. The summed E-state index contributed by atoms with van der Waals surface area (Å²) in [6.07, 6.45) is 7.73. The van der Waals surface area contributed by atoms with Gasteiger partial charge in [-0.2, -0.15) is 11.8 Å². The highest BCUT2D eigenvalue weighted by Crippen LogP contribution is 2.27. The van der Waals surface area contributed by atoms with Crippen LogP contribution in [0.2, 0.25) is 0 Å². The van der Waals surface area contributed by atoms with Gasteiger partial charge < -0.3 is 4.42 Å². The Morgan fingerprint density at radius 3 is 2.92 bits per heavy atom. The molecule has 0 aromatic carbocycles. The van der Waals surface area contributed by atoms with E-state index in [2.05, 4.69) is 10.2 Å². The van der Waals surface area contributed by atoms with Gasteiger partial charge in [-0.15, -0.1) is 10.2 Å². The van der Waals surface area contributed by atoms with E-state index in [0.29, 0.717) is 5.89 Å². The fraction of sp³-hybridized carbons (Fsp3) is 0.556. The molecule has 0 unspecified atom stereocenters. The molecular formula is C9H12N2OS. The quantitative estimate of drug-likeness (QED) is 0.744. The highest BCUT2D eigenvalue weighted by molar-refractivity contribution is 7.97. The molecule has 1 aromatic rings. The largest absolute Gasteiger partial charge is 0.420 e. The van der Waals surface area contributed by atoms with Crippen LogP contribution in [0.1, 0.15) is 31.0 Å². The second-order valence-corrected chi connectivity index (χ2v) is 3.99. The van der Waals surface area contributed by atoms with Gasteiger partial charge in [0.15, 0.2) is 0 Å². The number of rotatable bonds is 3. The Morgan fingerprint density at radius 1 is 1.46 bits per heavy atom. The van der Waals surface area contributed by atoms with Crippen molar-refractivity contribution in [2.45, 2.75) is 25.0 Å². The van der Waals surface area contributed by atoms with E-state index in [1.54, 1.807) is 11.8 Å². The van der Waals surface area contributed by atoms with Crippen molar-refractivity contribution in [3.8, 4) is 0 Å². The zero-order valence-electron chi connectivity index (χ0n) is 7.62. The van der Waals surface area contributed by atoms with Crippen LogP contribution in [0, 0.1) is 0 Å². The van der Waals surface area contributed by atoms with Crippen LogP contribution in [0.3, 0.4) is 0 Å². The molecule has 1 saturated carbocycles. The minimum Gasteiger partial charge on any atom is -0.420 e. The van der Waals surface area contributed by atoms with E-state index in [4.69, 9.17) is 4.42 Å². The minimum atomic E-state index is 0.666. The Hall–Kier alpha value is -0.770. The molecule has 0 spiro atoms. The lowest BCUT2D eigenvalue weighted by Crippen LogP contribution is -1.95. The number of thioether (sulfide) groups is 1. The summed E-state index contributed by atoms with van der Waals surface area (Å²) in [4.78, 5) is 0. The van der Waals surface area contributed by atoms with Crippen LogP contribution in [0.15, 0.2) is 9.99 Å². The highest BCUT2D eigenvalue weighted by Gasteiger charge is 2.10. The molecule has 3 nitrogen and oxygen atoms in total. The molecule has 0 atom stereocenters. The predicted octanol–water partition coefficient (Wildman–Crippen LogP) is 2.50. The molecule has 70 valence electrons. The van der Waals surface area contributed by atoms with E-state index >= 15 is 0 Å². The Balaban J connectivity index is 2.04. The second-order valence-electron chi connectivity index (χ2n) is 3.12. The molecule has 0 amide bonds. The molecule has 13 heavy (non-hydrogen) atoms. The Bertz CT molecular complexity index is 313. The van der Waals surface area contributed by atoms with Gasteiger partial charge in [-0.1, -0.05) is 5.57 Å². The van der Waals surface area contributed by atoms with Crippen LogP contribution in [0.4, 0.5) is 0 Å². The molecule has 1 aromatic heterocycles.